The number of aliphatic hydroxyl groups is 1. The normalized spacial score (nSPS) is 35.1. The smallest absolute Gasteiger partial charge is 0.383 e. The number of fused-ring (bicyclic) bond motifs is 4. The van der Waals surface area contributed by atoms with Crippen LogP contribution in [0.25, 0.3) is 0 Å². The Bertz CT molecular complexity index is 1170. The second kappa shape index (κ2) is 7.77. The summed E-state index contributed by atoms with van der Waals surface area (Å²) in [4.78, 5) is 12.1. The first kappa shape index (κ1) is 24.2. The number of hydrogen-bond acceptors (Lipinski definition) is 2. The van der Waals surface area contributed by atoms with E-state index in [1.54, 1.807) is 30.3 Å². The summed E-state index contributed by atoms with van der Waals surface area (Å²) in [6, 6.07) is 7.07. The van der Waals surface area contributed by atoms with Crippen LogP contribution in [0.15, 0.2) is 47.1 Å². The van der Waals surface area contributed by atoms with E-state index in [1.807, 2.05) is 0 Å². The van der Waals surface area contributed by atoms with Gasteiger partial charge >= 0.3 is 12.1 Å². The van der Waals surface area contributed by atoms with Crippen LogP contribution in [-0.2, 0) is 4.79 Å². The predicted molar refractivity (Wildman–Crippen MR) is 121 cm³/mol. The molecule has 5 atom stereocenters. The summed E-state index contributed by atoms with van der Waals surface area (Å²) in [6.07, 6.45) is 2.79. The summed E-state index contributed by atoms with van der Waals surface area (Å²) < 4.78 is 70.6. The maximum Gasteiger partial charge on any atom is 0.456 e. The summed E-state index contributed by atoms with van der Waals surface area (Å²) in [5, 5.41) is 11.2. The van der Waals surface area contributed by atoms with Gasteiger partial charge in [-0.3, -0.25) is 4.79 Å². The molecule has 186 valence electrons. The molecule has 0 amide bonds. The van der Waals surface area contributed by atoms with Gasteiger partial charge in [-0.2, -0.15) is 22.0 Å². The largest absolute Gasteiger partial charge is 0.456 e. The van der Waals surface area contributed by atoms with Crippen LogP contribution >= 0.6 is 0 Å². The third-order valence-corrected chi connectivity index (χ3v) is 9.24. The van der Waals surface area contributed by atoms with Crippen LogP contribution in [-0.4, -0.2) is 28.6 Å². The van der Waals surface area contributed by atoms with Crippen molar-refractivity contribution in [2.24, 2.45) is 17.3 Å². The molecule has 0 bridgehead atoms. The SMILES string of the molecule is C#Cc1ccc([C@H]2C[C@@]3(C)[C@@H](CC[C@@]3(O)C(F)(F)C(F)(F)F)[C@@H]3CCC4=CC(=O)CCC4=C32)cc1. The molecule has 0 heterocycles. The van der Waals surface area contributed by atoms with E-state index >= 15 is 0 Å². The quantitative estimate of drug-likeness (QED) is 0.380. The lowest BCUT2D eigenvalue weighted by Crippen LogP contribution is -2.65. The summed E-state index contributed by atoms with van der Waals surface area (Å²) in [7, 11) is 0. The molecular formula is C28H27F5O2. The predicted octanol–water partition coefficient (Wildman–Crippen LogP) is 6.50. The molecule has 35 heavy (non-hydrogen) atoms. The van der Waals surface area contributed by atoms with Gasteiger partial charge in [-0.25, -0.2) is 0 Å². The van der Waals surface area contributed by atoms with E-state index in [1.165, 1.54) is 6.92 Å². The molecule has 2 saturated carbocycles. The standard InChI is InChI=1S/C28H27F5O2/c1-3-16-4-6-17(7-5-16)22-15-25(2)23(12-13-26(25,35)27(29,30)28(31,32)33)21-10-8-18-14-19(34)9-11-20(18)24(21)22/h1,4-7,14,21-23,35H,8-13,15H2,2H3/t21-,22+,23-,25-,26-/m0/s1. The molecule has 2 nitrogen and oxygen atoms in total. The highest BCUT2D eigenvalue weighted by Gasteiger charge is 2.79. The zero-order valence-corrected chi connectivity index (χ0v) is 19.4. The summed E-state index contributed by atoms with van der Waals surface area (Å²) in [5.41, 5.74) is -0.390. The van der Waals surface area contributed by atoms with Gasteiger partial charge < -0.3 is 5.11 Å². The van der Waals surface area contributed by atoms with E-state index in [0.717, 1.165) is 22.3 Å². The summed E-state index contributed by atoms with van der Waals surface area (Å²) in [6.45, 7) is 1.42. The van der Waals surface area contributed by atoms with E-state index in [4.69, 9.17) is 6.42 Å². The third kappa shape index (κ3) is 3.28. The second-order valence-electron chi connectivity index (χ2n) is 10.7. The molecule has 5 rings (SSSR count). The Morgan fingerprint density at radius 1 is 1.06 bits per heavy atom. The molecule has 4 aliphatic carbocycles. The molecule has 0 spiro atoms. The van der Waals surface area contributed by atoms with Crippen molar-refractivity contribution < 1.29 is 31.9 Å². The topological polar surface area (TPSA) is 37.3 Å². The molecule has 7 heteroatoms. The molecule has 1 aromatic rings. The van der Waals surface area contributed by atoms with Gasteiger partial charge in [-0.15, -0.1) is 6.42 Å². The second-order valence-corrected chi connectivity index (χ2v) is 10.7. The highest BCUT2D eigenvalue weighted by Crippen LogP contribution is 2.70. The molecular weight excluding hydrogens is 463 g/mol. The average molecular weight is 491 g/mol. The molecule has 0 unspecified atom stereocenters. The fraction of sp³-hybridized carbons (Fsp3) is 0.536. The minimum atomic E-state index is -5.85. The van der Waals surface area contributed by atoms with Crippen molar-refractivity contribution in [1.82, 2.24) is 0 Å². The highest BCUT2D eigenvalue weighted by atomic mass is 19.4. The third-order valence-electron chi connectivity index (χ3n) is 9.24. The van der Waals surface area contributed by atoms with Crippen LogP contribution in [0, 0.1) is 29.6 Å². The van der Waals surface area contributed by atoms with Crippen LogP contribution in [0.1, 0.15) is 68.9 Å². The van der Waals surface area contributed by atoms with Gasteiger partial charge in [0, 0.05) is 23.3 Å². The van der Waals surface area contributed by atoms with E-state index in [9.17, 15) is 31.9 Å². The van der Waals surface area contributed by atoms with Crippen LogP contribution in [0.2, 0.25) is 0 Å². The van der Waals surface area contributed by atoms with Crippen molar-refractivity contribution in [3.63, 3.8) is 0 Å². The average Bonchev–Trinajstić information content (AvgIpc) is 3.09. The monoisotopic (exact) mass is 490 g/mol. The molecule has 2 fully saturated rings. The van der Waals surface area contributed by atoms with Gasteiger partial charge in [0.25, 0.3) is 0 Å². The molecule has 0 aliphatic heterocycles. The van der Waals surface area contributed by atoms with Crippen molar-refractivity contribution in [2.75, 3.05) is 0 Å². The van der Waals surface area contributed by atoms with Crippen molar-refractivity contribution >= 4 is 5.78 Å². The first-order valence-corrected chi connectivity index (χ1v) is 12.0. The maximum atomic E-state index is 14.9. The first-order valence-electron chi connectivity index (χ1n) is 12.0. The number of rotatable bonds is 2. The molecule has 0 saturated heterocycles. The minimum absolute atomic E-state index is 0.0359. The van der Waals surface area contributed by atoms with E-state index in [-0.39, 0.29) is 24.5 Å². The Morgan fingerprint density at radius 3 is 2.37 bits per heavy atom. The van der Waals surface area contributed by atoms with Gasteiger partial charge in [-0.1, -0.05) is 30.6 Å². The lowest BCUT2D eigenvalue weighted by molar-refractivity contribution is -0.362. The number of allylic oxidation sites excluding steroid dienone is 4. The number of ketones is 1. The van der Waals surface area contributed by atoms with E-state index in [0.29, 0.717) is 31.2 Å². The maximum absolute atomic E-state index is 14.9. The summed E-state index contributed by atoms with van der Waals surface area (Å²) >= 11 is 0. The lowest BCUT2D eigenvalue weighted by atomic mass is 9.50. The van der Waals surface area contributed by atoms with Crippen molar-refractivity contribution in [1.29, 1.82) is 0 Å². The fourth-order valence-corrected chi connectivity index (χ4v) is 7.53. The van der Waals surface area contributed by atoms with Crippen LogP contribution < -0.4 is 0 Å². The molecule has 1 N–H and O–H groups in total. The zero-order valence-electron chi connectivity index (χ0n) is 19.4. The Hall–Kier alpha value is -2.46. The number of carbonyl (C=O) groups excluding carboxylic acids is 1. The lowest BCUT2D eigenvalue weighted by Gasteiger charge is -2.56. The van der Waals surface area contributed by atoms with Crippen LogP contribution in [0.5, 0.6) is 0 Å². The van der Waals surface area contributed by atoms with Gasteiger partial charge in [-0.05, 0) is 85.3 Å². The van der Waals surface area contributed by atoms with Crippen LogP contribution in [0.3, 0.4) is 0 Å². The van der Waals surface area contributed by atoms with Crippen molar-refractivity contribution in [2.45, 2.75) is 75.5 Å². The van der Waals surface area contributed by atoms with Gasteiger partial charge in [0.2, 0.25) is 0 Å². The van der Waals surface area contributed by atoms with Gasteiger partial charge in [0.05, 0.1) is 0 Å². The molecule has 0 radical (unpaired) electrons. The minimum Gasteiger partial charge on any atom is -0.383 e. The van der Waals surface area contributed by atoms with E-state index < -0.39 is 41.4 Å². The first-order chi connectivity index (χ1) is 16.3. The Morgan fingerprint density at radius 2 is 1.74 bits per heavy atom. The number of halogens is 5. The van der Waals surface area contributed by atoms with Gasteiger partial charge in [0.1, 0.15) is 5.60 Å². The van der Waals surface area contributed by atoms with Crippen molar-refractivity contribution in [3.05, 3.63) is 58.2 Å². The Labute approximate surface area is 201 Å². The van der Waals surface area contributed by atoms with Crippen molar-refractivity contribution in [3.8, 4) is 12.3 Å². The molecule has 0 aromatic heterocycles. The van der Waals surface area contributed by atoms with Gasteiger partial charge in [0.15, 0.2) is 5.78 Å². The summed E-state index contributed by atoms with van der Waals surface area (Å²) in [5.74, 6) is -3.84. The molecule has 1 aromatic carbocycles. The zero-order chi connectivity index (χ0) is 25.4. The highest BCUT2D eigenvalue weighted by molar-refractivity contribution is 5.93. The van der Waals surface area contributed by atoms with Crippen LogP contribution in [0.4, 0.5) is 22.0 Å². The number of hydrogen-bond donors (Lipinski definition) is 1. The number of terminal acetylenes is 1. The number of benzene rings is 1. The fourth-order valence-electron chi connectivity index (χ4n) is 7.53. The number of carbonyl (C=O) groups is 1. The number of alkyl halides is 5. The Kier molecular flexibility index (Phi) is 5.38. The van der Waals surface area contributed by atoms with E-state index in [2.05, 4.69) is 5.92 Å². The molecule has 4 aliphatic rings. The Balaban J connectivity index is 1.69.